The van der Waals surface area contributed by atoms with Gasteiger partial charge in [-0.05, 0) is 44.5 Å². The van der Waals surface area contributed by atoms with Gasteiger partial charge in [-0.15, -0.1) is 10.2 Å². The molecule has 0 saturated carbocycles. The summed E-state index contributed by atoms with van der Waals surface area (Å²) in [5, 5.41) is 8.82. The molecule has 0 fully saturated rings. The second-order valence-corrected chi connectivity index (χ2v) is 8.66. The summed E-state index contributed by atoms with van der Waals surface area (Å²) in [6.07, 6.45) is 2.47. The van der Waals surface area contributed by atoms with Crippen molar-refractivity contribution >= 4 is 0 Å². The minimum absolute atomic E-state index is 0.0787. The van der Waals surface area contributed by atoms with Gasteiger partial charge in [0.15, 0.2) is 5.82 Å². The number of alkyl halides is 2. The number of methoxy groups -OCH3 is 1. The summed E-state index contributed by atoms with van der Waals surface area (Å²) in [4.78, 5) is 4.28. The molecule has 0 bridgehead atoms. The Morgan fingerprint density at radius 2 is 1.69 bits per heavy atom. The van der Waals surface area contributed by atoms with Crippen molar-refractivity contribution in [3.63, 3.8) is 0 Å². The zero-order valence-electron chi connectivity index (χ0n) is 19.9. The molecule has 0 aliphatic carbocycles. The lowest BCUT2D eigenvalue weighted by atomic mass is 10.0. The summed E-state index contributed by atoms with van der Waals surface area (Å²) in [6, 6.07) is 14.9. The number of fused-ring (bicyclic) bond motifs is 1. The van der Waals surface area contributed by atoms with Crippen molar-refractivity contribution in [3.05, 3.63) is 89.6 Å². The molecule has 1 aromatic heterocycles. The highest BCUT2D eigenvalue weighted by atomic mass is 19.3. The van der Waals surface area contributed by atoms with Crippen LogP contribution in [0.25, 0.3) is 28.3 Å². The molecule has 3 aromatic rings. The van der Waals surface area contributed by atoms with Crippen molar-refractivity contribution < 1.29 is 13.5 Å². The first-order chi connectivity index (χ1) is 16.9. The smallest absolute Gasteiger partial charge is 0.265 e. The Bertz CT molecular complexity index is 1460. The Labute approximate surface area is 202 Å². The molecule has 0 radical (unpaired) electrons. The van der Waals surface area contributed by atoms with Crippen LogP contribution < -0.4 is 4.74 Å². The molecule has 0 spiro atoms. The summed E-state index contributed by atoms with van der Waals surface area (Å²) in [5.74, 6) is 1.16. The molecule has 35 heavy (non-hydrogen) atoms. The van der Waals surface area contributed by atoms with Crippen LogP contribution in [0.5, 0.6) is 5.75 Å². The Balaban J connectivity index is 1.61. The molecule has 1 atom stereocenters. The number of ether oxygens (including phenoxy) is 1. The van der Waals surface area contributed by atoms with Gasteiger partial charge in [0.1, 0.15) is 11.4 Å². The molecular weight excluding hydrogens is 448 g/mol. The molecule has 3 heterocycles. The van der Waals surface area contributed by atoms with Gasteiger partial charge >= 0.3 is 0 Å². The molecule has 0 saturated heterocycles. The number of halogens is 2. The molecule has 178 valence electrons. The molecule has 0 N–H and O–H groups in total. The Hall–Kier alpha value is -4.07. The molecule has 2 aliphatic heterocycles. The summed E-state index contributed by atoms with van der Waals surface area (Å²) in [6.45, 7) is 5.90. The van der Waals surface area contributed by atoms with Gasteiger partial charge in [0.05, 0.1) is 30.9 Å². The number of imidazole rings is 1. The molecule has 0 amide bonds. The first kappa shape index (κ1) is 22.7. The van der Waals surface area contributed by atoms with Gasteiger partial charge in [-0.3, -0.25) is 0 Å². The van der Waals surface area contributed by atoms with E-state index in [-0.39, 0.29) is 11.6 Å². The number of pyridine rings is 1. The van der Waals surface area contributed by atoms with Crippen molar-refractivity contribution in [2.75, 3.05) is 7.11 Å². The van der Waals surface area contributed by atoms with Crippen molar-refractivity contribution in [1.82, 2.24) is 24.3 Å². The van der Waals surface area contributed by atoms with Crippen LogP contribution in [0, 0.1) is 13.8 Å². The van der Waals surface area contributed by atoms with E-state index in [2.05, 4.69) is 15.2 Å². The predicted octanol–water partition coefficient (Wildman–Crippen LogP) is 6.41. The molecular formula is C27H25F2N5O. The van der Waals surface area contributed by atoms with Gasteiger partial charge in [-0.2, -0.15) is 0 Å². The average molecular weight is 474 g/mol. The normalized spacial score (nSPS) is 12.4. The Kier molecular flexibility index (Phi) is 5.80. The second kappa shape index (κ2) is 8.94. The number of nitrogens with zero attached hydrogens (tertiary/aromatic N) is 5. The van der Waals surface area contributed by atoms with Gasteiger partial charge in [0, 0.05) is 29.1 Å². The zero-order chi connectivity index (χ0) is 24.7. The van der Waals surface area contributed by atoms with Crippen LogP contribution in [0.4, 0.5) is 8.78 Å². The van der Waals surface area contributed by atoms with Crippen molar-refractivity contribution in [2.24, 2.45) is 0 Å². The van der Waals surface area contributed by atoms with Crippen LogP contribution in [-0.2, 0) is 0 Å². The van der Waals surface area contributed by atoms with E-state index in [1.807, 2.05) is 74.0 Å². The molecule has 5 rings (SSSR count). The molecule has 8 heteroatoms. The van der Waals surface area contributed by atoms with E-state index >= 15 is 0 Å². The number of rotatable bonds is 6. The lowest BCUT2D eigenvalue weighted by molar-refractivity contribution is 0.150. The minimum atomic E-state index is -2.62. The van der Waals surface area contributed by atoms with Crippen molar-refractivity contribution in [3.8, 4) is 34.1 Å². The third kappa shape index (κ3) is 4.16. The van der Waals surface area contributed by atoms with Crippen LogP contribution in [-0.4, -0.2) is 31.4 Å². The maximum atomic E-state index is 13.9. The van der Waals surface area contributed by atoms with Gasteiger partial charge in [0.25, 0.3) is 6.43 Å². The summed E-state index contributed by atoms with van der Waals surface area (Å²) >= 11 is 0. The fourth-order valence-corrected chi connectivity index (χ4v) is 4.28. The maximum Gasteiger partial charge on any atom is 0.265 e. The van der Waals surface area contributed by atoms with Gasteiger partial charge < -0.3 is 13.9 Å². The number of hydrogen-bond acceptors (Lipinski definition) is 4. The van der Waals surface area contributed by atoms with Gasteiger partial charge in [-0.1, -0.05) is 35.9 Å². The molecule has 0 unspecified atom stereocenters. The van der Waals surface area contributed by atoms with Crippen LogP contribution in [0.2, 0.25) is 0 Å². The predicted molar refractivity (Wildman–Crippen MR) is 130 cm³/mol. The first-order valence-corrected chi connectivity index (χ1v) is 11.3. The van der Waals surface area contributed by atoms with E-state index in [4.69, 9.17) is 4.74 Å². The third-order valence-electron chi connectivity index (χ3n) is 6.26. The van der Waals surface area contributed by atoms with E-state index in [1.54, 1.807) is 18.0 Å². The van der Waals surface area contributed by atoms with Crippen molar-refractivity contribution in [1.29, 1.82) is 0 Å². The number of aryl methyl sites for hydroxylation is 2. The minimum Gasteiger partial charge on any atom is -0.495 e. The summed E-state index contributed by atoms with van der Waals surface area (Å²) in [7, 11) is 1.59. The SMILES string of the molecule is COc1cc(-c2nnc3n([C@@H](C)c4ccc(C)cc4)cc(C(F)F)cc2-3)ccc1-n1cnc(C)c1. The highest BCUT2D eigenvalue weighted by molar-refractivity contribution is 5.80. The number of benzene rings is 2. The lowest BCUT2D eigenvalue weighted by Gasteiger charge is -2.21. The first-order valence-electron chi connectivity index (χ1n) is 11.3. The Morgan fingerprint density at radius 1 is 0.914 bits per heavy atom. The van der Waals surface area contributed by atoms with E-state index in [0.29, 0.717) is 22.8 Å². The van der Waals surface area contributed by atoms with E-state index in [1.165, 1.54) is 12.3 Å². The molecule has 2 aliphatic rings. The van der Waals surface area contributed by atoms with Crippen LogP contribution >= 0.6 is 0 Å². The molecule has 6 nitrogen and oxygen atoms in total. The summed E-state index contributed by atoms with van der Waals surface area (Å²) in [5.41, 5.74) is 5.58. The van der Waals surface area contributed by atoms with Crippen LogP contribution in [0.1, 0.15) is 41.8 Å². The monoisotopic (exact) mass is 473 g/mol. The topological polar surface area (TPSA) is 57.8 Å². The number of aromatic nitrogens is 5. The number of hydrogen-bond donors (Lipinski definition) is 0. The highest BCUT2D eigenvalue weighted by Gasteiger charge is 2.25. The van der Waals surface area contributed by atoms with E-state index in [9.17, 15) is 8.78 Å². The molecule has 2 aromatic carbocycles. The summed E-state index contributed by atoms with van der Waals surface area (Å²) < 4.78 is 37.1. The van der Waals surface area contributed by atoms with Crippen molar-refractivity contribution in [2.45, 2.75) is 33.2 Å². The largest absolute Gasteiger partial charge is 0.495 e. The van der Waals surface area contributed by atoms with E-state index in [0.717, 1.165) is 28.1 Å². The fraction of sp³-hybridized carbons (Fsp3) is 0.222. The second-order valence-electron chi connectivity index (χ2n) is 8.66. The lowest BCUT2D eigenvalue weighted by Crippen LogP contribution is -2.12. The van der Waals surface area contributed by atoms with Gasteiger partial charge in [-0.25, -0.2) is 13.8 Å². The standard InChI is InChI=1S/C27H25F2N5O/c1-16-5-7-19(8-6-16)18(3)34-14-21(26(28)29)11-22-25(31-32-27(22)34)20-9-10-23(24(12-20)35-4)33-13-17(2)30-15-33/h5-15,18,26H,1-4H3/t18-/m0/s1. The van der Waals surface area contributed by atoms with Crippen LogP contribution in [0.15, 0.2) is 67.3 Å². The zero-order valence-corrected chi connectivity index (χ0v) is 19.9. The van der Waals surface area contributed by atoms with Gasteiger partial charge in [0.2, 0.25) is 0 Å². The van der Waals surface area contributed by atoms with Crippen LogP contribution in [0.3, 0.4) is 0 Å². The fourth-order valence-electron chi connectivity index (χ4n) is 4.28. The average Bonchev–Trinajstić information content (AvgIpc) is 3.49. The van der Waals surface area contributed by atoms with E-state index < -0.39 is 6.43 Å². The maximum absolute atomic E-state index is 13.9. The Morgan fingerprint density at radius 3 is 2.34 bits per heavy atom. The highest BCUT2D eigenvalue weighted by Crippen LogP contribution is 2.39. The third-order valence-corrected chi connectivity index (χ3v) is 6.26. The quantitative estimate of drug-likeness (QED) is 0.286.